The highest BCUT2D eigenvalue weighted by molar-refractivity contribution is 6.02. The largest absolute Gasteiger partial charge is 0.339 e. The maximum Gasteiger partial charge on any atom is 0.270 e. The van der Waals surface area contributed by atoms with Gasteiger partial charge in [0.25, 0.3) is 5.91 Å². The number of rotatable bonds is 4. The SMILES string of the molecule is O=C(NC1CCCN(c2ccc(F)cc2)C1=O)c1cccc(-c2ccccc2)n1. The fourth-order valence-electron chi connectivity index (χ4n) is 3.45. The first-order valence-electron chi connectivity index (χ1n) is 9.52. The third-order valence-electron chi connectivity index (χ3n) is 4.93. The number of piperidine rings is 1. The van der Waals surface area contributed by atoms with Crippen LogP contribution in [0.4, 0.5) is 10.1 Å². The van der Waals surface area contributed by atoms with Crippen LogP contribution in [0.25, 0.3) is 11.3 Å². The van der Waals surface area contributed by atoms with Crippen LogP contribution in [0, 0.1) is 5.82 Å². The standard InChI is InChI=1S/C23H20FN3O2/c24-17-11-13-18(14-12-17)27-15-5-10-21(23(27)29)26-22(28)20-9-4-8-19(25-20)16-6-2-1-3-7-16/h1-4,6-9,11-14,21H,5,10,15H2,(H,26,28). The highest BCUT2D eigenvalue weighted by Crippen LogP contribution is 2.22. The van der Waals surface area contributed by atoms with E-state index in [-0.39, 0.29) is 23.3 Å². The molecule has 0 spiro atoms. The molecule has 0 saturated carbocycles. The number of halogens is 1. The van der Waals surface area contributed by atoms with Gasteiger partial charge in [0.2, 0.25) is 5.91 Å². The number of pyridine rings is 1. The zero-order valence-electron chi connectivity index (χ0n) is 15.7. The summed E-state index contributed by atoms with van der Waals surface area (Å²) >= 11 is 0. The Kier molecular flexibility index (Phi) is 5.33. The van der Waals surface area contributed by atoms with E-state index in [1.54, 1.807) is 29.2 Å². The fourth-order valence-corrected chi connectivity index (χ4v) is 3.45. The quantitative estimate of drug-likeness (QED) is 0.738. The molecular weight excluding hydrogens is 369 g/mol. The van der Waals surface area contributed by atoms with E-state index in [2.05, 4.69) is 10.3 Å². The van der Waals surface area contributed by atoms with Crippen LogP contribution in [-0.2, 0) is 4.79 Å². The van der Waals surface area contributed by atoms with E-state index in [1.807, 2.05) is 36.4 Å². The molecule has 2 aromatic carbocycles. The van der Waals surface area contributed by atoms with Gasteiger partial charge in [-0.15, -0.1) is 0 Å². The van der Waals surface area contributed by atoms with Crippen molar-refractivity contribution in [3.8, 4) is 11.3 Å². The molecule has 1 aromatic heterocycles. The van der Waals surface area contributed by atoms with E-state index in [9.17, 15) is 14.0 Å². The smallest absolute Gasteiger partial charge is 0.270 e. The lowest BCUT2D eigenvalue weighted by Crippen LogP contribution is -2.52. The van der Waals surface area contributed by atoms with Crippen LogP contribution in [0.2, 0.25) is 0 Å². The third-order valence-corrected chi connectivity index (χ3v) is 4.93. The van der Waals surface area contributed by atoms with Gasteiger partial charge in [-0.3, -0.25) is 9.59 Å². The maximum absolute atomic E-state index is 13.2. The molecule has 1 fully saturated rings. The average molecular weight is 389 g/mol. The van der Waals surface area contributed by atoms with E-state index < -0.39 is 6.04 Å². The summed E-state index contributed by atoms with van der Waals surface area (Å²) in [6, 6.07) is 20.0. The first kappa shape index (κ1) is 18.8. The molecule has 1 N–H and O–H groups in total. The molecule has 0 radical (unpaired) electrons. The molecule has 6 heteroatoms. The minimum atomic E-state index is -0.636. The zero-order chi connectivity index (χ0) is 20.2. The average Bonchev–Trinajstić information content (AvgIpc) is 2.77. The van der Waals surface area contributed by atoms with Crippen molar-refractivity contribution in [2.24, 2.45) is 0 Å². The predicted octanol–water partition coefficient (Wildman–Crippen LogP) is 3.81. The molecule has 1 atom stereocenters. The van der Waals surface area contributed by atoms with Crippen molar-refractivity contribution in [3.63, 3.8) is 0 Å². The molecule has 2 heterocycles. The van der Waals surface area contributed by atoms with Crippen LogP contribution >= 0.6 is 0 Å². The number of anilines is 1. The summed E-state index contributed by atoms with van der Waals surface area (Å²) in [4.78, 5) is 31.6. The predicted molar refractivity (Wildman–Crippen MR) is 109 cm³/mol. The number of carbonyl (C=O) groups excluding carboxylic acids is 2. The summed E-state index contributed by atoms with van der Waals surface area (Å²) in [6.07, 6.45) is 1.30. The number of benzene rings is 2. The molecule has 1 saturated heterocycles. The summed E-state index contributed by atoms with van der Waals surface area (Å²) < 4.78 is 13.2. The molecular formula is C23H20FN3O2. The Morgan fingerprint density at radius 1 is 1.00 bits per heavy atom. The number of nitrogens with one attached hydrogen (secondary N) is 1. The summed E-state index contributed by atoms with van der Waals surface area (Å²) in [5, 5.41) is 2.81. The van der Waals surface area contributed by atoms with Crippen molar-refractivity contribution in [2.75, 3.05) is 11.4 Å². The number of hydrogen-bond acceptors (Lipinski definition) is 3. The Bertz CT molecular complexity index is 1020. The fraction of sp³-hybridized carbons (Fsp3) is 0.174. The third kappa shape index (κ3) is 4.16. The van der Waals surface area contributed by atoms with Gasteiger partial charge in [-0.1, -0.05) is 36.4 Å². The van der Waals surface area contributed by atoms with Crippen LogP contribution in [0.1, 0.15) is 23.3 Å². The van der Waals surface area contributed by atoms with Gasteiger partial charge in [0, 0.05) is 17.8 Å². The van der Waals surface area contributed by atoms with E-state index in [1.165, 1.54) is 12.1 Å². The lowest BCUT2D eigenvalue weighted by atomic mass is 10.0. The highest BCUT2D eigenvalue weighted by atomic mass is 19.1. The van der Waals surface area contributed by atoms with Crippen molar-refractivity contribution >= 4 is 17.5 Å². The van der Waals surface area contributed by atoms with Crippen molar-refractivity contribution < 1.29 is 14.0 Å². The second kappa shape index (κ2) is 8.22. The van der Waals surface area contributed by atoms with Gasteiger partial charge < -0.3 is 10.2 Å². The Morgan fingerprint density at radius 2 is 1.76 bits per heavy atom. The topological polar surface area (TPSA) is 62.3 Å². The van der Waals surface area contributed by atoms with Crippen molar-refractivity contribution in [1.29, 1.82) is 0 Å². The van der Waals surface area contributed by atoms with E-state index >= 15 is 0 Å². The molecule has 1 aliphatic rings. The van der Waals surface area contributed by atoms with Gasteiger partial charge in [-0.25, -0.2) is 9.37 Å². The number of aromatic nitrogens is 1. The Balaban J connectivity index is 1.49. The van der Waals surface area contributed by atoms with Crippen molar-refractivity contribution in [1.82, 2.24) is 10.3 Å². The Hall–Kier alpha value is -3.54. The molecule has 4 rings (SSSR count). The first-order valence-corrected chi connectivity index (χ1v) is 9.52. The zero-order valence-corrected chi connectivity index (χ0v) is 15.7. The molecule has 146 valence electrons. The lowest BCUT2D eigenvalue weighted by Gasteiger charge is -2.32. The number of hydrogen-bond donors (Lipinski definition) is 1. The summed E-state index contributed by atoms with van der Waals surface area (Å²) in [7, 11) is 0. The second-order valence-electron chi connectivity index (χ2n) is 6.91. The van der Waals surface area contributed by atoms with Crippen molar-refractivity contribution in [3.05, 3.63) is 84.3 Å². The van der Waals surface area contributed by atoms with E-state index in [4.69, 9.17) is 0 Å². The Morgan fingerprint density at radius 3 is 2.52 bits per heavy atom. The van der Waals surface area contributed by atoms with Crippen LogP contribution in [0.5, 0.6) is 0 Å². The van der Waals surface area contributed by atoms with Crippen LogP contribution in [0.15, 0.2) is 72.8 Å². The minimum Gasteiger partial charge on any atom is -0.339 e. The van der Waals surface area contributed by atoms with Crippen LogP contribution < -0.4 is 10.2 Å². The molecule has 0 bridgehead atoms. The van der Waals surface area contributed by atoms with Gasteiger partial charge in [0.1, 0.15) is 17.6 Å². The Labute approximate surface area is 168 Å². The summed E-state index contributed by atoms with van der Waals surface area (Å²) in [5.41, 5.74) is 2.50. The lowest BCUT2D eigenvalue weighted by molar-refractivity contribution is -0.121. The van der Waals surface area contributed by atoms with Gasteiger partial charge in [-0.05, 0) is 49.2 Å². The van der Waals surface area contributed by atoms with Gasteiger partial charge >= 0.3 is 0 Å². The van der Waals surface area contributed by atoms with Gasteiger partial charge in [0.15, 0.2) is 0 Å². The highest BCUT2D eigenvalue weighted by Gasteiger charge is 2.31. The van der Waals surface area contributed by atoms with Gasteiger partial charge in [-0.2, -0.15) is 0 Å². The van der Waals surface area contributed by atoms with Crippen molar-refractivity contribution in [2.45, 2.75) is 18.9 Å². The van der Waals surface area contributed by atoms with E-state index in [0.29, 0.717) is 24.3 Å². The molecule has 1 unspecified atom stereocenters. The monoisotopic (exact) mass is 389 g/mol. The van der Waals surface area contributed by atoms with Gasteiger partial charge in [0.05, 0.1) is 5.69 Å². The molecule has 3 aromatic rings. The summed E-state index contributed by atoms with van der Waals surface area (Å²) in [6.45, 7) is 0.540. The normalized spacial score (nSPS) is 16.5. The number of amides is 2. The van der Waals surface area contributed by atoms with E-state index in [0.717, 1.165) is 12.0 Å². The molecule has 0 aliphatic carbocycles. The first-order chi connectivity index (χ1) is 14.1. The second-order valence-corrected chi connectivity index (χ2v) is 6.91. The maximum atomic E-state index is 13.2. The molecule has 1 aliphatic heterocycles. The molecule has 5 nitrogen and oxygen atoms in total. The van der Waals surface area contributed by atoms with Crippen LogP contribution in [0.3, 0.4) is 0 Å². The molecule has 29 heavy (non-hydrogen) atoms. The minimum absolute atomic E-state index is 0.199. The number of nitrogens with zero attached hydrogens (tertiary/aromatic N) is 2. The van der Waals surface area contributed by atoms with Crippen LogP contribution in [-0.4, -0.2) is 29.4 Å². The molecule has 2 amide bonds. The number of carbonyl (C=O) groups is 2. The summed E-state index contributed by atoms with van der Waals surface area (Å²) in [5.74, 6) is -0.940.